The van der Waals surface area contributed by atoms with Gasteiger partial charge in [0.1, 0.15) is 15.5 Å². The van der Waals surface area contributed by atoms with Crippen LogP contribution in [0.25, 0.3) is 0 Å². The van der Waals surface area contributed by atoms with E-state index in [4.69, 9.17) is 11.6 Å². The standard InChI is InChI=1S/C15H9BrClF7N2/c1-7-4-10(16)26-12(13(18,14(19,20)21)15(22,23)24)9(7)5-8-2-3-11(17)25-6-8/h2-4,6H,5H2,1H3. The Morgan fingerprint density at radius 2 is 1.62 bits per heavy atom. The summed E-state index contributed by atoms with van der Waals surface area (Å²) in [5, 5.41) is 0.0880. The van der Waals surface area contributed by atoms with Crippen LogP contribution in [-0.2, 0) is 12.1 Å². The minimum Gasteiger partial charge on any atom is -0.244 e. The molecule has 2 heterocycles. The second kappa shape index (κ2) is 6.95. The zero-order valence-corrected chi connectivity index (χ0v) is 15.2. The van der Waals surface area contributed by atoms with E-state index in [9.17, 15) is 30.7 Å². The van der Waals surface area contributed by atoms with Crippen LogP contribution in [0, 0.1) is 6.92 Å². The summed E-state index contributed by atoms with van der Waals surface area (Å²) in [6, 6.07) is 3.88. The molecular formula is C15H9BrClF7N2. The maximum atomic E-state index is 14.6. The molecule has 2 rings (SSSR count). The molecular weight excluding hydrogens is 457 g/mol. The van der Waals surface area contributed by atoms with E-state index in [1.807, 2.05) is 0 Å². The smallest absolute Gasteiger partial charge is 0.244 e. The fraction of sp³-hybridized carbons (Fsp3) is 0.333. The monoisotopic (exact) mass is 464 g/mol. The van der Waals surface area contributed by atoms with E-state index in [0.29, 0.717) is 0 Å². The highest BCUT2D eigenvalue weighted by molar-refractivity contribution is 9.10. The zero-order chi connectivity index (χ0) is 19.9. The van der Waals surface area contributed by atoms with Crippen molar-refractivity contribution in [1.29, 1.82) is 0 Å². The van der Waals surface area contributed by atoms with Crippen molar-refractivity contribution in [3.05, 3.63) is 56.5 Å². The van der Waals surface area contributed by atoms with Crippen molar-refractivity contribution in [2.75, 3.05) is 0 Å². The number of halogens is 9. The van der Waals surface area contributed by atoms with Gasteiger partial charge in [0, 0.05) is 12.6 Å². The maximum Gasteiger partial charge on any atom is 0.437 e. The van der Waals surface area contributed by atoms with Crippen molar-refractivity contribution < 1.29 is 30.7 Å². The number of rotatable bonds is 3. The summed E-state index contributed by atoms with van der Waals surface area (Å²) in [7, 11) is 0. The van der Waals surface area contributed by atoms with Crippen LogP contribution in [0.2, 0.25) is 5.15 Å². The fourth-order valence-electron chi connectivity index (χ4n) is 2.31. The Bertz CT molecular complexity index is 789. The fourth-order valence-corrected chi connectivity index (χ4v) is 2.94. The van der Waals surface area contributed by atoms with Crippen LogP contribution in [0.5, 0.6) is 0 Å². The number of nitrogens with zero attached hydrogens (tertiary/aromatic N) is 2. The minimum absolute atomic E-state index is 0.00681. The van der Waals surface area contributed by atoms with E-state index in [2.05, 4.69) is 25.9 Å². The maximum absolute atomic E-state index is 14.6. The molecule has 0 spiro atoms. The molecule has 0 atom stereocenters. The van der Waals surface area contributed by atoms with Gasteiger partial charge in [-0.1, -0.05) is 17.7 Å². The quantitative estimate of drug-likeness (QED) is 0.405. The number of alkyl halides is 7. The van der Waals surface area contributed by atoms with Gasteiger partial charge in [-0.25, -0.2) is 14.4 Å². The zero-order valence-electron chi connectivity index (χ0n) is 12.8. The molecule has 2 aromatic rings. The van der Waals surface area contributed by atoms with E-state index >= 15 is 0 Å². The van der Waals surface area contributed by atoms with Crippen LogP contribution < -0.4 is 0 Å². The molecule has 0 N–H and O–H groups in total. The lowest BCUT2D eigenvalue weighted by molar-refractivity contribution is -0.350. The van der Waals surface area contributed by atoms with Crippen LogP contribution in [0.15, 0.2) is 29.0 Å². The molecule has 0 aromatic carbocycles. The number of hydrogen-bond donors (Lipinski definition) is 0. The summed E-state index contributed by atoms with van der Waals surface area (Å²) in [6.45, 7) is 1.27. The molecule has 0 aliphatic heterocycles. The average molecular weight is 466 g/mol. The predicted molar refractivity (Wildman–Crippen MR) is 83.6 cm³/mol. The third kappa shape index (κ3) is 3.80. The molecule has 0 aliphatic carbocycles. The summed E-state index contributed by atoms with van der Waals surface area (Å²) in [5.41, 5.74) is -7.65. The second-order valence-corrected chi connectivity index (χ2v) is 6.61. The molecule has 0 saturated heterocycles. The van der Waals surface area contributed by atoms with Gasteiger partial charge in [0.05, 0.1) is 0 Å². The normalized spacial score (nSPS) is 13.2. The van der Waals surface area contributed by atoms with Gasteiger partial charge in [-0.2, -0.15) is 26.3 Å². The lowest BCUT2D eigenvalue weighted by Gasteiger charge is -2.31. The number of aryl methyl sites for hydroxylation is 1. The predicted octanol–water partition coefficient (Wildman–Crippen LogP) is 6.08. The van der Waals surface area contributed by atoms with Gasteiger partial charge in [0.15, 0.2) is 0 Å². The van der Waals surface area contributed by atoms with Gasteiger partial charge < -0.3 is 0 Å². The summed E-state index contributed by atoms with van der Waals surface area (Å²) in [4.78, 5) is 6.92. The first-order valence-electron chi connectivity index (χ1n) is 6.86. The molecule has 0 bridgehead atoms. The van der Waals surface area contributed by atoms with E-state index in [1.165, 1.54) is 31.3 Å². The molecule has 26 heavy (non-hydrogen) atoms. The summed E-state index contributed by atoms with van der Waals surface area (Å²) in [6.07, 6.45) is -11.8. The molecule has 0 radical (unpaired) electrons. The molecule has 0 amide bonds. The van der Waals surface area contributed by atoms with Gasteiger partial charge >= 0.3 is 18.0 Å². The largest absolute Gasteiger partial charge is 0.437 e. The highest BCUT2D eigenvalue weighted by Crippen LogP contribution is 2.54. The first-order chi connectivity index (χ1) is 11.8. The van der Waals surface area contributed by atoms with E-state index in [0.717, 1.165) is 0 Å². The Labute approximate surface area is 156 Å². The van der Waals surface area contributed by atoms with Crippen molar-refractivity contribution in [3.8, 4) is 0 Å². The third-order valence-electron chi connectivity index (χ3n) is 3.59. The highest BCUT2D eigenvalue weighted by atomic mass is 79.9. The van der Waals surface area contributed by atoms with E-state index in [1.54, 1.807) is 0 Å². The third-order valence-corrected chi connectivity index (χ3v) is 4.22. The van der Waals surface area contributed by atoms with Gasteiger partial charge in [0.25, 0.3) is 0 Å². The van der Waals surface area contributed by atoms with E-state index in [-0.39, 0.29) is 20.9 Å². The molecule has 0 fully saturated rings. The van der Waals surface area contributed by atoms with Crippen LogP contribution in [0.1, 0.15) is 22.4 Å². The van der Waals surface area contributed by atoms with Crippen LogP contribution in [-0.4, -0.2) is 22.3 Å². The van der Waals surface area contributed by atoms with Crippen molar-refractivity contribution in [3.63, 3.8) is 0 Å². The molecule has 0 unspecified atom stereocenters. The van der Waals surface area contributed by atoms with Crippen LogP contribution >= 0.6 is 27.5 Å². The Balaban J connectivity index is 2.73. The molecule has 142 valence electrons. The molecule has 2 nitrogen and oxygen atoms in total. The molecule has 11 heteroatoms. The Kier molecular flexibility index (Phi) is 5.59. The van der Waals surface area contributed by atoms with Crippen molar-refractivity contribution in [1.82, 2.24) is 9.97 Å². The van der Waals surface area contributed by atoms with Gasteiger partial charge in [-0.05, 0) is 51.7 Å². The number of pyridine rings is 2. The molecule has 0 saturated carbocycles. The summed E-state index contributed by atoms with van der Waals surface area (Å²) < 4.78 is 93.1. The lowest BCUT2D eigenvalue weighted by Crippen LogP contribution is -2.51. The lowest BCUT2D eigenvalue weighted by atomic mass is 9.90. The first kappa shape index (κ1) is 20.9. The molecule has 2 aromatic heterocycles. The number of hydrogen-bond acceptors (Lipinski definition) is 2. The van der Waals surface area contributed by atoms with Crippen molar-refractivity contribution in [2.45, 2.75) is 31.4 Å². The van der Waals surface area contributed by atoms with Gasteiger partial charge in [0.2, 0.25) is 0 Å². The van der Waals surface area contributed by atoms with Crippen LogP contribution in [0.3, 0.4) is 0 Å². The van der Waals surface area contributed by atoms with Gasteiger partial charge in [-0.3, -0.25) is 0 Å². The average Bonchev–Trinajstić information content (AvgIpc) is 2.48. The summed E-state index contributed by atoms with van der Waals surface area (Å²) >= 11 is 8.33. The topological polar surface area (TPSA) is 25.8 Å². The Hall–Kier alpha value is -1.42. The van der Waals surface area contributed by atoms with E-state index < -0.39 is 35.7 Å². The first-order valence-corrected chi connectivity index (χ1v) is 8.03. The van der Waals surface area contributed by atoms with Crippen molar-refractivity contribution in [2.24, 2.45) is 0 Å². The minimum atomic E-state index is -6.25. The SMILES string of the molecule is Cc1cc(Br)nc(C(F)(C(F)(F)F)C(F)(F)F)c1Cc1ccc(Cl)nc1. The Morgan fingerprint density at radius 1 is 1.04 bits per heavy atom. The van der Waals surface area contributed by atoms with Crippen LogP contribution in [0.4, 0.5) is 30.7 Å². The highest BCUT2D eigenvalue weighted by Gasteiger charge is 2.75. The van der Waals surface area contributed by atoms with Gasteiger partial charge in [-0.15, -0.1) is 0 Å². The Morgan fingerprint density at radius 3 is 2.08 bits per heavy atom. The van der Waals surface area contributed by atoms with Crippen molar-refractivity contribution >= 4 is 27.5 Å². The summed E-state index contributed by atoms with van der Waals surface area (Å²) in [5.74, 6) is 0. The molecule has 0 aliphatic rings. The second-order valence-electron chi connectivity index (χ2n) is 5.41. The number of aromatic nitrogens is 2.